The zero-order chi connectivity index (χ0) is 7.40. The molecule has 0 radical (unpaired) electrons. The molecule has 0 aromatic carbocycles. The van der Waals surface area contributed by atoms with Gasteiger partial charge in [-0.05, 0) is 0 Å². The van der Waals surface area contributed by atoms with Crippen LogP contribution in [0.15, 0.2) is 11.2 Å². The first-order chi connectivity index (χ1) is 4.79. The van der Waals surface area contributed by atoms with E-state index >= 15 is 0 Å². The van der Waals surface area contributed by atoms with Crippen molar-refractivity contribution in [3.05, 3.63) is 6.20 Å². The van der Waals surface area contributed by atoms with Gasteiger partial charge in [0.25, 0.3) is 0 Å². The number of hydrogen-bond donors (Lipinski definition) is 2. The van der Waals surface area contributed by atoms with Crippen LogP contribution in [0.4, 0.5) is 0 Å². The van der Waals surface area contributed by atoms with Crippen molar-refractivity contribution < 1.29 is 4.79 Å². The van der Waals surface area contributed by atoms with Crippen molar-refractivity contribution in [2.24, 2.45) is 5.73 Å². The molecular formula is C4H6N4OS. The molecular weight excluding hydrogens is 152 g/mol. The van der Waals surface area contributed by atoms with Gasteiger partial charge in [0.1, 0.15) is 5.03 Å². The van der Waals surface area contributed by atoms with Gasteiger partial charge in [0.05, 0.1) is 11.9 Å². The highest BCUT2D eigenvalue weighted by atomic mass is 32.2. The molecule has 0 atom stereocenters. The van der Waals surface area contributed by atoms with Crippen LogP contribution in [0.3, 0.4) is 0 Å². The summed E-state index contributed by atoms with van der Waals surface area (Å²) in [6.07, 6.45) is 1.54. The summed E-state index contributed by atoms with van der Waals surface area (Å²) in [7, 11) is 0. The summed E-state index contributed by atoms with van der Waals surface area (Å²) in [5.74, 6) is -0.0937. The largest absolute Gasteiger partial charge is 0.369 e. The number of amides is 1. The predicted octanol–water partition coefficient (Wildman–Crippen LogP) is -0.618. The number of primary amides is 1. The Morgan fingerprint density at radius 1 is 1.90 bits per heavy atom. The Labute approximate surface area is 61.4 Å². The Bertz CT molecular complexity index is 209. The van der Waals surface area contributed by atoms with E-state index in [1.165, 1.54) is 18.0 Å². The molecule has 10 heavy (non-hydrogen) atoms. The maximum Gasteiger partial charge on any atom is 0.227 e. The van der Waals surface area contributed by atoms with Crippen molar-refractivity contribution in [1.29, 1.82) is 0 Å². The third-order valence-corrected chi connectivity index (χ3v) is 1.70. The van der Waals surface area contributed by atoms with Gasteiger partial charge in [-0.15, -0.1) is 5.10 Å². The maximum absolute atomic E-state index is 10.2. The molecule has 3 N–H and O–H groups in total. The molecule has 0 aliphatic heterocycles. The number of H-pyrrole nitrogens is 1. The lowest BCUT2D eigenvalue weighted by Gasteiger charge is -1.89. The third-order valence-electron chi connectivity index (χ3n) is 0.763. The Balaban J connectivity index is 2.35. The highest BCUT2D eigenvalue weighted by Gasteiger charge is 1.97. The third kappa shape index (κ3) is 2.06. The number of nitrogens with one attached hydrogen (secondary N) is 1. The molecule has 1 heterocycles. The Hall–Kier alpha value is -1.04. The summed E-state index contributed by atoms with van der Waals surface area (Å²) in [5, 5.41) is 10.3. The van der Waals surface area contributed by atoms with Crippen LogP contribution in [-0.4, -0.2) is 27.1 Å². The highest BCUT2D eigenvalue weighted by Crippen LogP contribution is 2.10. The van der Waals surface area contributed by atoms with Crippen LogP contribution in [0.25, 0.3) is 0 Å². The van der Waals surface area contributed by atoms with Crippen molar-refractivity contribution in [2.45, 2.75) is 5.03 Å². The van der Waals surface area contributed by atoms with Crippen molar-refractivity contribution in [1.82, 2.24) is 15.4 Å². The number of nitrogens with two attached hydrogens (primary N) is 1. The Kier molecular flexibility index (Phi) is 2.27. The molecule has 0 saturated carbocycles. The monoisotopic (exact) mass is 158 g/mol. The van der Waals surface area contributed by atoms with Gasteiger partial charge < -0.3 is 5.73 Å². The van der Waals surface area contributed by atoms with Crippen LogP contribution in [-0.2, 0) is 4.79 Å². The van der Waals surface area contributed by atoms with E-state index in [0.29, 0.717) is 0 Å². The first-order valence-electron chi connectivity index (χ1n) is 2.56. The summed E-state index contributed by atoms with van der Waals surface area (Å²) in [4.78, 5) is 10.2. The van der Waals surface area contributed by atoms with Gasteiger partial charge in [-0.2, -0.15) is 0 Å². The minimum Gasteiger partial charge on any atom is -0.369 e. The molecule has 6 heteroatoms. The number of nitrogens with zero attached hydrogens (tertiary/aromatic N) is 2. The van der Waals surface area contributed by atoms with Crippen LogP contribution in [0.2, 0.25) is 0 Å². The van der Waals surface area contributed by atoms with Crippen LogP contribution >= 0.6 is 11.8 Å². The van der Waals surface area contributed by atoms with Crippen molar-refractivity contribution in [3.63, 3.8) is 0 Å². The molecule has 0 saturated heterocycles. The van der Waals surface area contributed by atoms with E-state index in [4.69, 9.17) is 5.73 Å². The summed E-state index contributed by atoms with van der Waals surface area (Å²) >= 11 is 1.28. The van der Waals surface area contributed by atoms with E-state index in [1.807, 2.05) is 0 Å². The molecule has 0 spiro atoms. The van der Waals surface area contributed by atoms with E-state index in [9.17, 15) is 4.79 Å². The molecule has 54 valence electrons. The van der Waals surface area contributed by atoms with E-state index in [0.717, 1.165) is 5.03 Å². The summed E-state index contributed by atoms with van der Waals surface area (Å²) in [6, 6.07) is 0. The molecule has 0 aliphatic carbocycles. The quantitative estimate of drug-likeness (QED) is 0.574. The molecule has 1 aromatic rings. The second-order valence-corrected chi connectivity index (χ2v) is 2.59. The lowest BCUT2D eigenvalue weighted by atomic mass is 10.8. The van der Waals surface area contributed by atoms with Crippen molar-refractivity contribution >= 4 is 17.7 Å². The molecule has 1 aromatic heterocycles. The van der Waals surface area contributed by atoms with Gasteiger partial charge in [-0.1, -0.05) is 17.0 Å². The average Bonchev–Trinajstić information content (AvgIpc) is 2.34. The van der Waals surface area contributed by atoms with E-state index in [-0.39, 0.29) is 11.7 Å². The van der Waals surface area contributed by atoms with Crippen LogP contribution in [0.5, 0.6) is 0 Å². The molecule has 1 amide bonds. The van der Waals surface area contributed by atoms with E-state index in [2.05, 4.69) is 15.4 Å². The second kappa shape index (κ2) is 3.21. The number of thioether (sulfide) groups is 1. The number of aromatic nitrogens is 3. The summed E-state index contributed by atoms with van der Waals surface area (Å²) in [6.45, 7) is 0. The molecule has 0 aliphatic rings. The van der Waals surface area contributed by atoms with E-state index in [1.54, 1.807) is 0 Å². The standard InChI is InChI=1S/C4H6N4OS/c5-3(9)2-10-4-1-6-8-7-4/h1H,2H2,(H2,5,9)(H,6,7,8). The number of hydrogen-bond acceptors (Lipinski definition) is 4. The zero-order valence-electron chi connectivity index (χ0n) is 5.07. The number of carbonyl (C=O) groups excluding carboxylic acids is 1. The molecule has 1 rings (SSSR count). The lowest BCUT2D eigenvalue weighted by molar-refractivity contribution is -0.115. The number of aromatic amines is 1. The van der Waals surface area contributed by atoms with E-state index < -0.39 is 0 Å². The number of carbonyl (C=O) groups is 1. The minimum absolute atomic E-state index is 0.254. The second-order valence-electron chi connectivity index (χ2n) is 1.58. The normalized spacial score (nSPS) is 9.60. The first-order valence-corrected chi connectivity index (χ1v) is 3.55. The average molecular weight is 158 g/mol. The van der Waals surface area contributed by atoms with Gasteiger partial charge >= 0.3 is 0 Å². The van der Waals surface area contributed by atoms with Crippen molar-refractivity contribution in [2.75, 3.05) is 5.75 Å². The van der Waals surface area contributed by atoms with Gasteiger partial charge in [0.15, 0.2) is 0 Å². The number of rotatable bonds is 3. The fraction of sp³-hybridized carbons (Fsp3) is 0.250. The topological polar surface area (TPSA) is 84.7 Å². The van der Waals surface area contributed by atoms with Gasteiger partial charge in [0.2, 0.25) is 5.91 Å². The Morgan fingerprint density at radius 2 is 2.70 bits per heavy atom. The van der Waals surface area contributed by atoms with Gasteiger partial charge in [-0.3, -0.25) is 9.89 Å². The molecule has 0 unspecified atom stereocenters. The summed E-state index contributed by atoms with van der Waals surface area (Å²) < 4.78 is 0. The fourth-order valence-electron chi connectivity index (χ4n) is 0.407. The van der Waals surface area contributed by atoms with Crippen molar-refractivity contribution in [3.8, 4) is 0 Å². The zero-order valence-corrected chi connectivity index (χ0v) is 5.89. The molecule has 0 bridgehead atoms. The minimum atomic E-state index is -0.348. The van der Waals surface area contributed by atoms with Crippen LogP contribution in [0.1, 0.15) is 0 Å². The maximum atomic E-state index is 10.2. The smallest absolute Gasteiger partial charge is 0.227 e. The highest BCUT2D eigenvalue weighted by molar-refractivity contribution is 7.99. The summed E-state index contributed by atoms with van der Waals surface area (Å²) in [5.41, 5.74) is 4.89. The SMILES string of the molecule is NC(=O)CSc1cnn[nH]1. The fourth-order valence-corrected chi connectivity index (χ4v) is 0.932. The lowest BCUT2D eigenvalue weighted by Crippen LogP contribution is -2.12. The van der Waals surface area contributed by atoms with Gasteiger partial charge in [-0.25, -0.2) is 0 Å². The predicted molar refractivity (Wildman–Crippen MR) is 36.3 cm³/mol. The molecule has 0 fully saturated rings. The Morgan fingerprint density at radius 3 is 3.20 bits per heavy atom. The van der Waals surface area contributed by atoms with Gasteiger partial charge in [0, 0.05) is 0 Å². The van der Waals surface area contributed by atoms with Crippen LogP contribution in [0, 0.1) is 0 Å². The first kappa shape index (κ1) is 7.07. The molecule has 5 nitrogen and oxygen atoms in total. The van der Waals surface area contributed by atoms with Crippen LogP contribution < -0.4 is 5.73 Å².